The molecule has 8 nitrogen and oxygen atoms in total. The fourth-order valence-electron chi connectivity index (χ4n) is 3.35. The third-order valence-electron chi connectivity index (χ3n) is 4.83. The van der Waals surface area contributed by atoms with Gasteiger partial charge in [-0.05, 0) is 31.2 Å². The van der Waals surface area contributed by atoms with Crippen LogP contribution < -0.4 is 5.32 Å². The standard InChI is InChI=1S/C19H23N5O3S/c1-15-22-17-4-2-3-5-18(17)24(15)9-8-20-19-7-6-16(14-21-19)28(25,26)23-10-12-27-13-11-23/h2-7,14H,8-13H2,1H3,(H,20,21). The van der Waals surface area contributed by atoms with E-state index in [1.54, 1.807) is 12.1 Å². The van der Waals surface area contributed by atoms with Crippen LogP contribution in [0.1, 0.15) is 5.82 Å². The van der Waals surface area contributed by atoms with Crippen LogP contribution in [0.15, 0.2) is 47.5 Å². The van der Waals surface area contributed by atoms with Gasteiger partial charge in [-0.2, -0.15) is 4.31 Å². The molecule has 3 heterocycles. The van der Waals surface area contributed by atoms with Gasteiger partial charge in [-0.3, -0.25) is 0 Å². The number of morpholine rings is 1. The second-order valence-corrected chi connectivity index (χ2v) is 8.56. The molecule has 1 N–H and O–H groups in total. The number of rotatable bonds is 6. The van der Waals surface area contributed by atoms with Gasteiger partial charge in [-0.15, -0.1) is 0 Å². The number of hydrogen-bond acceptors (Lipinski definition) is 6. The maximum atomic E-state index is 12.6. The predicted molar refractivity (Wildman–Crippen MR) is 107 cm³/mol. The first-order valence-corrected chi connectivity index (χ1v) is 10.7. The molecule has 4 rings (SSSR count). The van der Waals surface area contributed by atoms with Gasteiger partial charge in [0.05, 0.1) is 24.2 Å². The number of benzene rings is 1. The monoisotopic (exact) mass is 401 g/mol. The summed E-state index contributed by atoms with van der Waals surface area (Å²) in [7, 11) is -3.51. The summed E-state index contributed by atoms with van der Waals surface area (Å²) in [6.45, 7) is 4.99. The van der Waals surface area contributed by atoms with Gasteiger partial charge in [-0.25, -0.2) is 18.4 Å². The van der Waals surface area contributed by atoms with Gasteiger partial charge in [0.25, 0.3) is 0 Å². The van der Waals surface area contributed by atoms with E-state index < -0.39 is 10.0 Å². The third-order valence-corrected chi connectivity index (χ3v) is 6.71. The number of fused-ring (bicyclic) bond motifs is 1. The SMILES string of the molecule is Cc1nc2ccccc2n1CCNc1ccc(S(=O)(=O)N2CCOCC2)cn1. The molecule has 3 aromatic rings. The van der Waals surface area contributed by atoms with Crippen molar-refractivity contribution in [3.63, 3.8) is 0 Å². The van der Waals surface area contributed by atoms with E-state index in [9.17, 15) is 8.42 Å². The second-order valence-electron chi connectivity index (χ2n) is 6.62. The maximum Gasteiger partial charge on any atom is 0.244 e. The van der Waals surface area contributed by atoms with Crippen molar-refractivity contribution in [2.24, 2.45) is 0 Å². The summed E-state index contributed by atoms with van der Waals surface area (Å²) in [4.78, 5) is 9.04. The Morgan fingerprint density at radius 2 is 1.93 bits per heavy atom. The first-order valence-electron chi connectivity index (χ1n) is 9.25. The molecule has 0 unspecified atom stereocenters. The molecular weight excluding hydrogens is 378 g/mol. The number of aryl methyl sites for hydroxylation is 1. The lowest BCUT2D eigenvalue weighted by Gasteiger charge is -2.25. The number of anilines is 1. The maximum absolute atomic E-state index is 12.6. The van der Waals surface area contributed by atoms with Crippen molar-refractivity contribution in [3.8, 4) is 0 Å². The average molecular weight is 401 g/mol. The lowest BCUT2D eigenvalue weighted by molar-refractivity contribution is 0.0730. The molecule has 1 saturated heterocycles. The number of imidazole rings is 1. The zero-order valence-electron chi connectivity index (χ0n) is 15.7. The summed E-state index contributed by atoms with van der Waals surface area (Å²) in [5.74, 6) is 1.60. The Hall–Kier alpha value is -2.49. The minimum Gasteiger partial charge on any atom is -0.379 e. The van der Waals surface area contributed by atoms with Crippen molar-refractivity contribution >= 4 is 26.9 Å². The average Bonchev–Trinajstić information content (AvgIpc) is 3.04. The van der Waals surface area contributed by atoms with E-state index in [4.69, 9.17) is 4.74 Å². The van der Waals surface area contributed by atoms with Crippen LogP contribution in [0.4, 0.5) is 5.82 Å². The lowest BCUT2D eigenvalue weighted by atomic mass is 10.3. The van der Waals surface area contributed by atoms with Crippen molar-refractivity contribution in [1.82, 2.24) is 18.8 Å². The molecule has 0 radical (unpaired) electrons. The van der Waals surface area contributed by atoms with Crippen LogP contribution in [0, 0.1) is 6.92 Å². The number of para-hydroxylation sites is 2. The van der Waals surface area contributed by atoms with E-state index in [1.165, 1.54) is 10.5 Å². The molecule has 28 heavy (non-hydrogen) atoms. The zero-order chi connectivity index (χ0) is 19.6. The molecule has 2 aromatic heterocycles. The smallest absolute Gasteiger partial charge is 0.244 e. The van der Waals surface area contributed by atoms with Crippen molar-refractivity contribution in [1.29, 1.82) is 0 Å². The Morgan fingerprint density at radius 3 is 2.68 bits per heavy atom. The van der Waals surface area contributed by atoms with E-state index in [1.807, 2.05) is 25.1 Å². The van der Waals surface area contributed by atoms with E-state index in [0.29, 0.717) is 38.7 Å². The fraction of sp³-hybridized carbons (Fsp3) is 0.368. The first-order chi connectivity index (χ1) is 13.6. The lowest BCUT2D eigenvalue weighted by Crippen LogP contribution is -2.40. The molecule has 148 valence electrons. The second kappa shape index (κ2) is 7.86. The predicted octanol–water partition coefficient (Wildman–Crippen LogP) is 1.87. The summed E-state index contributed by atoms with van der Waals surface area (Å²) in [6, 6.07) is 11.3. The van der Waals surface area contributed by atoms with E-state index in [2.05, 4.69) is 25.9 Å². The van der Waals surface area contributed by atoms with Gasteiger partial charge in [0.1, 0.15) is 16.5 Å². The highest BCUT2D eigenvalue weighted by atomic mass is 32.2. The number of pyridine rings is 1. The summed E-state index contributed by atoms with van der Waals surface area (Å²) < 4.78 is 34.1. The van der Waals surface area contributed by atoms with E-state index in [-0.39, 0.29) is 4.90 Å². The van der Waals surface area contributed by atoms with E-state index >= 15 is 0 Å². The number of aromatic nitrogens is 3. The molecule has 0 spiro atoms. The molecule has 9 heteroatoms. The summed E-state index contributed by atoms with van der Waals surface area (Å²) >= 11 is 0. The van der Waals surface area contributed by atoms with Gasteiger partial charge in [0.15, 0.2) is 0 Å². The minimum absolute atomic E-state index is 0.205. The fourth-order valence-corrected chi connectivity index (χ4v) is 4.70. The summed E-state index contributed by atoms with van der Waals surface area (Å²) in [6.07, 6.45) is 1.41. The normalized spacial score (nSPS) is 15.8. The van der Waals surface area contributed by atoms with Crippen molar-refractivity contribution in [3.05, 3.63) is 48.4 Å². The highest BCUT2D eigenvalue weighted by Crippen LogP contribution is 2.18. The Morgan fingerprint density at radius 1 is 1.14 bits per heavy atom. The van der Waals surface area contributed by atoms with Crippen molar-refractivity contribution in [2.75, 3.05) is 38.2 Å². The van der Waals surface area contributed by atoms with Gasteiger partial charge < -0.3 is 14.6 Å². The number of hydrogen-bond donors (Lipinski definition) is 1. The largest absolute Gasteiger partial charge is 0.379 e. The van der Waals surface area contributed by atoms with Gasteiger partial charge >= 0.3 is 0 Å². The molecule has 0 amide bonds. The Balaban J connectivity index is 1.40. The van der Waals surface area contributed by atoms with Crippen molar-refractivity contribution < 1.29 is 13.2 Å². The van der Waals surface area contributed by atoms with Crippen LogP contribution in [0.3, 0.4) is 0 Å². The molecule has 0 bridgehead atoms. The number of sulfonamides is 1. The van der Waals surface area contributed by atoms with Crippen LogP contribution in [0.2, 0.25) is 0 Å². The van der Waals surface area contributed by atoms with E-state index in [0.717, 1.165) is 23.4 Å². The molecule has 0 saturated carbocycles. The van der Waals surface area contributed by atoms with Crippen molar-refractivity contribution in [2.45, 2.75) is 18.4 Å². The Kier molecular flexibility index (Phi) is 5.29. The number of nitrogens with zero attached hydrogens (tertiary/aromatic N) is 4. The van der Waals surface area contributed by atoms with Crippen LogP contribution in [-0.2, 0) is 21.3 Å². The highest BCUT2D eigenvalue weighted by molar-refractivity contribution is 7.89. The van der Waals surface area contributed by atoms with Crippen LogP contribution in [-0.4, -0.2) is 60.1 Å². The Labute approximate surface area is 164 Å². The molecule has 0 atom stereocenters. The summed E-state index contributed by atoms with van der Waals surface area (Å²) in [5, 5.41) is 3.24. The topological polar surface area (TPSA) is 89.4 Å². The first kappa shape index (κ1) is 18.9. The molecule has 1 aliphatic rings. The molecule has 1 aliphatic heterocycles. The van der Waals surface area contributed by atoms with Gasteiger partial charge in [0, 0.05) is 32.4 Å². The van der Waals surface area contributed by atoms with Gasteiger partial charge in [-0.1, -0.05) is 12.1 Å². The van der Waals surface area contributed by atoms with Crippen LogP contribution in [0.25, 0.3) is 11.0 Å². The quantitative estimate of drug-likeness (QED) is 0.678. The number of ether oxygens (including phenoxy) is 1. The molecule has 1 aromatic carbocycles. The molecule has 1 fully saturated rings. The zero-order valence-corrected chi connectivity index (χ0v) is 16.5. The third kappa shape index (κ3) is 3.73. The Bertz CT molecular complexity index is 1060. The van der Waals surface area contributed by atoms with Crippen LogP contribution in [0.5, 0.6) is 0 Å². The summed E-state index contributed by atoms with van der Waals surface area (Å²) in [5.41, 5.74) is 2.08. The van der Waals surface area contributed by atoms with Crippen LogP contribution >= 0.6 is 0 Å². The minimum atomic E-state index is -3.51. The molecule has 0 aliphatic carbocycles. The number of nitrogens with one attached hydrogen (secondary N) is 1. The van der Waals surface area contributed by atoms with Gasteiger partial charge in [0.2, 0.25) is 10.0 Å². The highest BCUT2D eigenvalue weighted by Gasteiger charge is 2.26. The molecular formula is C19H23N5O3S.